The molecule has 1 aliphatic carbocycles. The first-order valence-electron chi connectivity index (χ1n) is 6.84. The average Bonchev–Trinajstić information content (AvgIpc) is 2.95. The molecule has 0 amide bonds. The van der Waals surface area contributed by atoms with Gasteiger partial charge in [-0.1, -0.05) is 6.07 Å². The Bertz CT molecular complexity index is 500. The molecule has 0 aliphatic heterocycles. The van der Waals surface area contributed by atoms with Crippen LogP contribution in [-0.4, -0.2) is 18.0 Å². The Hall–Kier alpha value is -0.680. The normalized spacial score (nSPS) is 15.3. The highest BCUT2D eigenvalue weighted by Crippen LogP contribution is 2.31. The molecule has 1 aliphatic rings. The van der Waals surface area contributed by atoms with Crippen LogP contribution in [0.15, 0.2) is 29.6 Å². The predicted molar refractivity (Wildman–Crippen MR) is 83.7 cm³/mol. The fraction of sp³-hybridized carbons (Fsp3) is 0.467. The highest BCUT2D eigenvalue weighted by Gasteiger charge is 2.29. The van der Waals surface area contributed by atoms with Crippen molar-refractivity contribution in [2.75, 3.05) is 7.05 Å². The molecule has 2 nitrogen and oxygen atoms in total. The molecule has 102 valence electrons. The van der Waals surface area contributed by atoms with Gasteiger partial charge in [0.05, 0.1) is 0 Å². The molecular formula is C15H20N2S2. The number of rotatable bonds is 7. The van der Waals surface area contributed by atoms with Crippen molar-refractivity contribution in [3.05, 3.63) is 44.3 Å². The van der Waals surface area contributed by atoms with Gasteiger partial charge in [0.1, 0.15) is 0 Å². The van der Waals surface area contributed by atoms with Crippen LogP contribution < -0.4 is 5.32 Å². The summed E-state index contributed by atoms with van der Waals surface area (Å²) in [6, 6.07) is 9.77. The van der Waals surface area contributed by atoms with Gasteiger partial charge in [-0.3, -0.25) is 4.90 Å². The van der Waals surface area contributed by atoms with Crippen LogP contribution in [0.5, 0.6) is 0 Å². The van der Waals surface area contributed by atoms with Crippen molar-refractivity contribution in [2.45, 2.75) is 38.5 Å². The minimum atomic E-state index is 0.817. The van der Waals surface area contributed by atoms with E-state index < -0.39 is 0 Å². The summed E-state index contributed by atoms with van der Waals surface area (Å²) < 4.78 is 0. The van der Waals surface area contributed by atoms with Gasteiger partial charge in [-0.15, -0.1) is 22.7 Å². The minimum absolute atomic E-state index is 0.817. The van der Waals surface area contributed by atoms with Gasteiger partial charge in [-0.05, 0) is 43.5 Å². The highest BCUT2D eigenvalue weighted by atomic mass is 32.1. The number of nitrogens with zero attached hydrogens (tertiary/aromatic N) is 1. The van der Waals surface area contributed by atoms with E-state index in [4.69, 9.17) is 0 Å². The molecule has 4 heteroatoms. The fourth-order valence-corrected chi connectivity index (χ4v) is 4.12. The minimum Gasteiger partial charge on any atom is -0.315 e. The van der Waals surface area contributed by atoms with Gasteiger partial charge in [0, 0.05) is 40.3 Å². The Morgan fingerprint density at radius 1 is 1.16 bits per heavy atom. The summed E-state index contributed by atoms with van der Waals surface area (Å²) in [7, 11) is 2.01. The zero-order valence-corrected chi connectivity index (χ0v) is 12.9. The van der Waals surface area contributed by atoms with Crippen LogP contribution in [0.25, 0.3) is 0 Å². The molecule has 0 spiro atoms. The van der Waals surface area contributed by atoms with Crippen LogP contribution in [0.4, 0.5) is 0 Å². The molecule has 0 atom stereocenters. The second-order valence-electron chi connectivity index (χ2n) is 5.11. The van der Waals surface area contributed by atoms with Crippen LogP contribution in [0.1, 0.15) is 27.5 Å². The van der Waals surface area contributed by atoms with E-state index >= 15 is 0 Å². The van der Waals surface area contributed by atoms with Gasteiger partial charge in [-0.2, -0.15) is 0 Å². The summed E-state index contributed by atoms with van der Waals surface area (Å²) in [5.41, 5.74) is 0. The Balaban J connectivity index is 1.63. The molecule has 2 aromatic heterocycles. The van der Waals surface area contributed by atoms with E-state index in [1.54, 1.807) is 0 Å². The molecule has 2 heterocycles. The van der Waals surface area contributed by atoms with Crippen LogP contribution in [-0.2, 0) is 19.6 Å². The lowest BCUT2D eigenvalue weighted by molar-refractivity contribution is 0.250. The first-order chi connectivity index (χ1) is 9.35. The molecule has 0 bridgehead atoms. The molecule has 0 aromatic carbocycles. The summed E-state index contributed by atoms with van der Waals surface area (Å²) in [5, 5.41) is 5.40. The number of hydrogen-bond donors (Lipinski definition) is 1. The Morgan fingerprint density at radius 3 is 2.63 bits per heavy atom. The van der Waals surface area contributed by atoms with Gasteiger partial charge in [0.15, 0.2) is 0 Å². The van der Waals surface area contributed by atoms with E-state index in [-0.39, 0.29) is 0 Å². The first-order valence-corrected chi connectivity index (χ1v) is 8.53. The highest BCUT2D eigenvalue weighted by molar-refractivity contribution is 7.12. The van der Waals surface area contributed by atoms with Gasteiger partial charge in [0.2, 0.25) is 0 Å². The van der Waals surface area contributed by atoms with Crippen molar-refractivity contribution in [3.8, 4) is 0 Å². The number of thiophene rings is 2. The van der Waals surface area contributed by atoms with Crippen LogP contribution >= 0.6 is 22.7 Å². The monoisotopic (exact) mass is 292 g/mol. The summed E-state index contributed by atoms with van der Waals surface area (Å²) in [6.45, 7) is 3.21. The maximum Gasteiger partial charge on any atom is 0.0334 e. The lowest BCUT2D eigenvalue weighted by Crippen LogP contribution is -2.24. The zero-order valence-electron chi connectivity index (χ0n) is 11.3. The number of nitrogens with one attached hydrogen (secondary N) is 1. The molecule has 0 saturated heterocycles. The van der Waals surface area contributed by atoms with Crippen molar-refractivity contribution >= 4 is 22.7 Å². The molecule has 0 radical (unpaired) electrons. The third-order valence-electron chi connectivity index (χ3n) is 3.43. The summed E-state index contributed by atoms with van der Waals surface area (Å²) in [5.74, 6) is 0. The molecule has 1 fully saturated rings. The van der Waals surface area contributed by atoms with Crippen molar-refractivity contribution in [1.29, 1.82) is 0 Å². The Morgan fingerprint density at radius 2 is 1.95 bits per heavy atom. The Kier molecular flexibility index (Phi) is 4.33. The molecule has 1 N–H and O–H groups in total. The smallest absolute Gasteiger partial charge is 0.0334 e. The summed E-state index contributed by atoms with van der Waals surface area (Å²) in [4.78, 5) is 7.05. The van der Waals surface area contributed by atoms with Crippen LogP contribution in [0.2, 0.25) is 0 Å². The SMILES string of the molecule is CNCc1ccc(CN(Cc2cccs2)C2CC2)s1. The molecule has 1 saturated carbocycles. The Labute approximate surface area is 123 Å². The molecule has 2 aromatic rings. The van der Waals surface area contributed by atoms with Gasteiger partial charge >= 0.3 is 0 Å². The lowest BCUT2D eigenvalue weighted by atomic mass is 10.3. The standard InChI is InChI=1S/C15H20N2S2/c1-16-9-13-6-7-15(19-13)11-17(12-4-5-12)10-14-3-2-8-18-14/h2-3,6-8,12,16H,4-5,9-11H2,1H3. The summed E-state index contributed by atoms with van der Waals surface area (Å²) in [6.07, 6.45) is 2.75. The average molecular weight is 292 g/mol. The fourth-order valence-electron chi connectivity index (χ4n) is 2.33. The van der Waals surface area contributed by atoms with Crippen molar-refractivity contribution < 1.29 is 0 Å². The predicted octanol–water partition coefficient (Wildman–Crippen LogP) is 3.69. The third-order valence-corrected chi connectivity index (χ3v) is 5.36. The number of hydrogen-bond acceptors (Lipinski definition) is 4. The maximum atomic E-state index is 3.22. The van der Waals surface area contributed by atoms with E-state index in [9.17, 15) is 0 Å². The largest absolute Gasteiger partial charge is 0.315 e. The van der Waals surface area contributed by atoms with Gasteiger partial charge in [0.25, 0.3) is 0 Å². The third kappa shape index (κ3) is 3.66. The van der Waals surface area contributed by atoms with Crippen molar-refractivity contribution in [2.24, 2.45) is 0 Å². The van der Waals surface area contributed by atoms with E-state index in [2.05, 4.69) is 39.9 Å². The zero-order chi connectivity index (χ0) is 13.1. The molecule has 19 heavy (non-hydrogen) atoms. The second-order valence-corrected chi connectivity index (χ2v) is 7.40. The molecular weight excluding hydrogens is 272 g/mol. The van der Waals surface area contributed by atoms with Gasteiger partial charge < -0.3 is 5.32 Å². The first kappa shape index (κ1) is 13.3. The van der Waals surface area contributed by atoms with Crippen LogP contribution in [0, 0.1) is 0 Å². The van der Waals surface area contributed by atoms with Crippen LogP contribution in [0.3, 0.4) is 0 Å². The quantitative estimate of drug-likeness (QED) is 0.837. The second kappa shape index (κ2) is 6.18. The molecule has 3 rings (SSSR count). The van der Waals surface area contributed by atoms with Gasteiger partial charge in [-0.25, -0.2) is 0 Å². The van der Waals surface area contributed by atoms with E-state index in [1.807, 2.05) is 29.7 Å². The lowest BCUT2D eigenvalue weighted by Gasteiger charge is -2.20. The van der Waals surface area contributed by atoms with Crippen molar-refractivity contribution in [3.63, 3.8) is 0 Å². The van der Waals surface area contributed by atoms with E-state index in [1.165, 1.54) is 27.5 Å². The maximum absolute atomic E-state index is 3.22. The van der Waals surface area contributed by atoms with E-state index in [0.717, 1.165) is 25.7 Å². The molecule has 0 unspecified atom stereocenters. The summed E-state index contributed by atoms with van der Waals surface area (Å²) >= 11 is 3.81. The topological polar surface area (TPSA) is 15.3 Å². The van der Waals surface area contributed by atoms with Crippen molar-refractivity contribution in [1.82, 2.24) is 10.2 Å². The van der Waals surface area contributed by atoms with E-state index in [0.29, 0.717) is 0 Å².